The van der Waals surface area contributed by atoms with E-state index in [-0.39, 0.29) is 0 Å². The van der Waals surface area contributed by atoms with Crippen LogP contribution >= 0.6 is 0 Å². The minimum atomic E-state index is 0.551. The molecule has 2 nitrogen and oxygen atoms in total. The maximum atomic E-state index is 4.30. The summed E-state index contributed by atoms with van der Waals surface area (Å²) in [4.78, 5) is 4.30. The number of rotatable bonds is 1. The van der Waals surface area contributed by atoms with E-state index in [0.717, 1.165) is 12.5 Å². The summed E-state index contributed by atoms with van der Waals surface area (Å²) in [7, 11) is 0. The summed E-state index contributed by atoms with van der Waals surface area (Å²) in [5.74, 6) is 0.853. The molecule has 2 heteroatoms. The van der Waals surface area contributed by atoms with Crippen molar-refractivity contribution in [2.24, 2.45) is 10.9 Å². The van der Waals surface area contributed by atoms with E-state index in [1.807, 2.05) is 0 Å². The van der Waals surface area contributed by atoms with Gasteiger partial charge >= 0.3 is 0 Å². The van der Waals surface area contributed by atoms with Crippen molar-refractivity contribution in [3.63, 3.8) is 0 Å². The molecular weight excluding hydrogens is 136 g/mol. The van der Waals surface area contributed by atoms with Gasteiger partial charge in [0.1, 0.15) is 0 Å². The summed E-state index contributed by atoms with van der Waals surface area (Å²) >= 11 is 0. The second-order valence-electron chi connectivity index (χ2n) is 3.59. The highest BCUT2D eigenvalue weighted by Crippen LogP contribution is 2.28. The number of nitrogens with one attached hydrogen (secondary N) is 1. The molecular formula is C9H15N2. The Morgan fingerprint density at radius 3 is 2.64 bits per heavy atom. The lowest BCUT2D eigenvalue weighted by Gasteiger charge is -2.24. The molecule has 0 aromatic carbocycles. The largest absolute Gasteiger partial charge is 0.365 e. The molecule has 2 aliphatic rings. The van der Waals surface area contributed by atoms with Gasteiger partial charge in [0.15, 0.2) is 6.34 Å². The van der Waals surface area contributed by atoms with E-state index in [2.05, 4.69) is 16.6 Å². The fourth-order valence-electron chi connectivity index (χ4n) is 2.12. The average Bonchev–Trinajstić information content (AvgIpc) is 2.58. The highest BCUT2D eigenvalue weighted by Gasteiger charge is 2.24. The zero-order valence-corrected chi connectivity index (χ0v) is 6.84. The average molecular weight is 151 g/mol. The molecule has 1 aliphatic carbocycles. The monoisotopic (exact) mass is 151 g/mol. The molecule has 1 aliphatic heterocycles. The Bertz CT molecular complexity index is 148. The van der Waals surface area contributed by atoms with Gasteiger partial charge < -0.3 is 5.32 Å². The summed E-state index contributed by atoms with van der Waals surface area (Å²) < 4.78 is 0. The minimum Gasteiger partial charge on any atom is -0.365 e. The summed E-state index contributed by atoms with van der Waals surface area (Å²) in [5.41, 5.74) is 0. The van der Waals surface area contributed by atoms with Crippen molar-refractivity contribution in [1.29, 1.82) is 0 Å². The molecule has 1 atom stereocenters. The summed E-state index contributed by atoms with van der Waals surface area (Å²) in [6.07, 6.45) is 9.88. The molecule has 0 amide bonds. The molecule has 61 valence electrons. The standard InChI is InChI=1S/C9H15N2/c1-2-4-8(5-3-1)9-6-10-7-11-9/h8-9H,1-6H2,(H,10,11). The lowest BCUT2D eigenvalue weighted by molar-refractivity contribution is 0.312. The highest BCUT2D eigenvalue weighted by atomic mass is 15.0. The molecule has 0 aromatic rings. The number of hydrogen-bond acceptors (Lipinski definition) is 2. The number of hydrogen-bond donors (Lipinski definition) is 1. The summed E-state index contributed by atoms with van der Waals surface area (Å²) in [5, 5.41) is 3.05. The molecule has 11 heavy (non-hydrogen) atoms. The van der Waals surface area contributed by atoms with Crippen LogP contribution in [0.15, 0.2) is 4.99 Å². The molecule has 1 heterocycles. The van der Waals surface area contributed by atoms with Crippen LogP contribution in [0, 0.1) is 5.92 Å². The van der Waals surface area contributed by atoms with Gasteiger partial charge in [-0.25, -0.2) is 0 Å². The van der Waals surface area contributed by atoms with Gasteiger partial charge in [0, 0.05) is 6.54 Å². The smallest absolute Gasteiger partial charge is 0.164 e. The minimum absolute atomic E-state index is 0.551. The summed E-state index contributed by atoms with van der Waals surface area (Å²) in [6.45, 7) is 1.03. The zero-order chi connectivity index (χ0) is 7.52. The van der Waals surface area contributed by atoms with E-state index in [0.29, 0.717) is 6.04 Å². The van der Waals surface area contributed by atoms with Gasteiger partial charge in [0.25, 0.3) is 0 Å². The zero-order valence-electron chi connectivity index (χ0n) is 6.84. The van der Waals surface area contributed by atoms with Crippen molar-refractivity contribution in [3.05, 3.63) is 0 Å². The Hall–Kier alpha value is -0.530. The van der Waals surface area contributed by atoms with Crippen LogP contribution in [0.4, 0.5) is 0 Å². The predicted octanol–water partition coefficient (Wildman–Crippen LogP) is 1.44. The van der Waals surface area contributed by atoms with E-state index < -0.39 is 0 Å². The molecule has 0 aromatic heterocycles. The van der Waals surface area contributed by atoms with Gasteiger partial charge in [-0.05, 0) is 18.8 Å². The van der Waals surface area contributed by atoms with Crippen molar-refractivity contribution >= 4 is 6.34 Å². The fraction of sp³-hybridized carbons (Fsp3) is 0.889. The molecule has 1 fully saturated rings. The van der Waals surface area contributed by atoms with Crippen LogP contribution in [0.1, 0.15) is 32.1 Å². The van der Waals surface area contributed by atoms with E-state index in [4.69, 9.17) is 0 Å². The topological polar surface area (TPSA) is 24.4 Å². The maximum Gasteiger partial charge on any atom is 0.164 e. The molecule has 1 radical (unpaired) electrons. The molecule has 1 unspecified atom stereocenters. The lowest BCUT2D eigenvalue weighted by atomic mass is 9.84. The molecule has 0 bridgehead atoms. The first kappa shape index (κ1) is 7.14. The Kier molecular flexibility index (Phi) is 2.11. The third-order valence-corrected chi connectivity index (χ3v) is 2.81. The van der Waals surface area contributed by atoms with Crippen LogP contribution < -0.4 is 5.32 Å². The van der Waals surface area contributed by atoms with Crippen LogP contribution in [-0.2, 0) is 0 Å². The molecule has 1 N–H and O–H groups in total. The van der Waals surface area contributed by atoms with Crippen molar-refractivity contribution in [2.45, 2.75) is 38.1 Å². The summed E-state index contributed by atoms with van der Waals surface area (Å²) in [6, 6.07) is 0.551. The van der Waals surface area contributed by atoms with Crippen molar-refractivity contribution in [2.75, 3.05) is 6.54 Å². The Labute approximate surface area is 68.1 Å². The van der Waals surface area contributed by atoms with Crippen molar-refractivity contribution in [1.82, 2.24) is 5.32 Å². The van der Waals surface area contributed by atoms with Crippen LogP contribution in [0.2, 0.25) is 0 Å². The quantitative estimate of drug-likeness (QED) is 0.602. The van der Waals surface area contributed by atoms with Crippen molar-refractivity contribution < 1.29 is 0 Å². The van der Waals surface area contributed by atoms with E-state index in [1.165, 1.54) is 32.1 Å². The second-order valence-corrected chi connectivity index (χ2v) is 3.59. The maximum absolute atomic E-state index is 4.30. The molecule has 2 rings (SSSR count). The first-order valence-corrected chi connectivity index (χ1v) is 4.64. The molecule has 0 spiro atoms. The Balaban J connectivity index is 1.87. The van der Waals surface area contributed by atoms with Gasteiger partial charge in [-0.2, -0.15) is 0 Å². The van der Waals surface area contributed by atoms with Crippen LogP contribution in [0.5, 0.6) is 0 Å². The highest BCUT2D eigenvalue weighted by molar-refractivity contribution is 5.57. The Morgan fingerprint density at radius 1 is 1.18 bits per heavy atom. The normalized spacial score (nSPS) is 32.2. The predicted molar refractivity (Wildman–Crippen MR) is 45.8 cm³/mol. The van der Waals surface area contributed by atoms with Crippen molar-refractivity contribution in [3.8, 4) is 0 Å². The number of aliphatic imine (C=N–C) groups is 1. The third kappa shape index (κ3) is 1.55. The number of nitrogens with zero attached hydrogens (tertiary/aromatic N) is 1. The van der Waals surface area contributed by atoms with Crippen LogP contribution in [0.25, 0.3) is 0 Å². The first-order chi connectivity index (χ1) is 5.47. The SMILES string of the molecule is [C]1=NC(C2CCCCC2)CN1. The van der Waals surface area contributed by atoms with Crippen LogP contribution in [0.3, 0.4) is 0 Å². The van der Waals surface area contributed by atoms with Gasteiger partial charge in [0.05, 0.1) is 6.04 Å². The molecule has 0 saturated heterocycles. The van der Waals surface area contributed by atoms with Gasteiger partial charge in [-0.15, -0.1) is 0 Å². The fourth-order valence-corrected chi connectivity index (χ4v) is 2.12. The van der Waals surface area contributed by atoms with Crippen LogP contribution in [-0.4, -0.2) is 18.9 Å². The first-order valence-electron chi connectivity index (χ1n) is 4.64. The van der Waals surface area contributed by atoms with E-state index in [9.17, 15) is 0 Å². The van der Waals surface area contributed by atoms with Gasteiger partial charge in [-0.3, -0.25) is 4.99 Å². The van der Waals surface area contributed by atoms with E-state index in [1.54, 1.807) is 0 Å². The van der Waals surface area contributed by atoms with E-state index >= 15 is 0 Å². The van der Waals surface area contributed by atoms with Gasteiger partial charge in [0.2, 0.25) is 0 Å². The third-order valence-electron chi connectivity index (χ3n) is 2.81. The van der Waals surface area contributed by atoms with Gasteiger partial charge in [-0.1, -0.05) is 19.3 Å². The Morgan fingerprint density at radius 2 is 2.00 bits per heavy atom. The molecule has 1 saturated carbocycles. The second kappa shape index (κ2) is 3.24. The lowest BCUT2D eigenvalue weighted by Crippen LogP contribution is -2.25.